The van der Waals surface area contributed by atoms with E-state index in [-0.39, 0.29) is 5.92 Å². The van der Waals surface area contributed by atoms with Crippen molar-refractivity contribution in [2.24, 2.45) is 0 Å². The summed E-state index contributed by atoms with van der Waals surface area (Å²) in [4.78, 5) is 25.9. The molecule has 8 heteroatoms. The van der Waals surface area contributed by atoms with Gasteiger partial charge in [0.1, 0.15) is 18.0 Å². The van der Waals surface area contributed by atoms with Crippen LogP contribution in [0.1, 0.15) is 18.4 Å². The van der Waals surface area contributed by atoms with Crippen LogP contribution in [0.2, 0.25) is 0 Å². The predicted molar refractivity (Wildman–Crippen MR) is 128 cm³/mol. The van der Waals surface area contributed by atoms with E-state index in [1.807, 2.05) is 18.3 Å². The number of benzene rings is 1. The fourth-order valence-electron chi connectivity index (χ4n) is 4.13. The van der Waals surface area contributed by atoms with Crippen LogP contribution in [0.4, 0.5) is 11.6 Å². The zero-order chi connectivity index (χ0) is 21.9. The molecule has 4 aromatic rings. The number of likely N-dealkylation sites (N-methyl/N-ethyl adjacent to an activating group) is 1. The number of anilines is 2. The van der Waals surface area contributed by atoms with E-state index in [0.29, 0.717) is 0 Å². The molecule has 1 atom stereocenters. The number of aromatic amines is 1. The standard InChI is InChI=1S/C24H28N8/c1-17(19-4-3-5-20-24(19)30-16-27-20)13-25-22-12-21(28-15-29-22)18-6-7-23(26-14-18)32-10-8-31(2)9-11-32/h3-7,12,14-17H,8-11,13H2,1-2H3,(H,27,30)(H,25,28,29). The highest BCUT2D eigenvalue weighted by molar-refractivity contribution is 5.78. The lowest BCUT2D eigenvalue weighted by molar-refractivity contribution is 0.312. The molecule has 1 fully saturated rings. The van der Waals surface area contributed by atoms with E-state index in [1.54, 1.807) is 12.7 Å². The molecule has 0 radical (unpaired) electrons. The van der Waals surface area contributed by atoms with Gasteiger partial charge in [-0.25, -0.2) is 19.9 Å². The van der Waals surface area contributed by atoms with Gasteiger partial charge in [0.15, 0.2) is 0 Å². The molecule has 1 aromatic carbocycles. The number of piperazine rings is 1. The smallest absolute Gasteiger partial charge is 0.129 e. The number of imidazole rings is 1. The quantitative estimate of drug-likeness (QED) is 0.487. The molecule has 164 valence electrons. The minimum absolute atomic E-state index is 0.282. The Balaban J connectivity index is 1.26. The lowest BCUT2D eigenvalue weighted by Crippen LogP contribution is -2.44. The minimum atomic E-state index is 0.282. The van der Waals surface area contributed by atoms with Crippen molar-refractivity contribution in [3.63, 3.8) is 0 Å². The third kappa shape index (κ3) is 4.27. The summed E-state index contributed by atoms with van der Waals surface area (Å²) in [7, 11) is 2.16. The second kappa shape index (κ2) is 8.92. The number of para-hydroxylation sites is 1. The first kappa shape index (κ1) is 20.4. The second-order valence-electron chi connectivity index (χ2n) is 8.41. The number of aromatic nitrogens is 5. The number of hydrogen-bond acceptors (Lipinski definition) is 7. The Kier molecular flexibility index (Phi) is 5.68. The van der Waals surface area contributed by atoms with Crippen LogP contribution in [0, 0.1) is 0 Å². The molecular formula is C24H28N8. The van der Waals surface area contributed by atoms with Crippen molar-refractivity contribution in [3.8, 4) is 11.3 Å². The second-order valence-corrected chi connectivity index (χ2v) is 8.41. The molecule has 1 unspecified atom stereocenters. The van der Waals surface area contributed by atoms with Crippen LogP contribution < -0.4 is 10.2 Å². The summed E-state index contributed by atoms with van der Waals surface area (Å²) >= 11 is 0. The summed E-state index contributed by atoms with van der Waals surface area (Å²) < 4.78 is 0. The summed E-state index contributed by atoms with van der Waals surface area (Å²) in [5.74, 6) is 2.11. The van der Waals surface area contributed by atoms with Crippen molar-refractivity contribution < 1.29 is 0 Å². The minimum Gasteiger partial charge on any atom is -0.369 e. The van der Waals surface area contributed by atoms with Crippen molar-refractivity contribution in [1.82, 2.24) is 29.8 Å². The van der Waals surface area contributed by atoms with Gasteiger partial charge in [-0.1, -0.05) is 19.1 Å². The average Bonchev–Trinajstić information content (AvgIpc) is 3.32. The lowest BCUT2D eigenvalue weighted by atomic mass is 9.99. The largest absolute Gasteiger partial charge is 0.369 e. The van der Waals surface area contributed by atoms with Gasteiger partial charge in [0, 0.05) is 56.5 Å². The SMILES string of the molecule is CC(CNc1cc(-c2ccc(N3CCN(C)CC3)nc2)ncn1)c1cccc2[nH]cnc12. The van der Waals surface area contributed by atoms with Crippen LogP contribution in [0.15, 0.2) is 55.2 Å². The van der Waals surface area contributed by atoms with Crippen molar-refractivity contribution in [1.29, 1.82) is 0 Å². The van der Waals surface area contributed by atoms with Gasteiger partial charge in [0.25, 0.3) is 0 Å². The summed E-state index contributed by atoms with van der Waals surface area (Å²) in [6, 6.07) is 12.4. The molecule has 4 heterocycles. The van der Waals surface area contributed by atoms with Gasteiger partial charge in [-0.3, -0.25) is 0 Å². The van der Waals surface area contributed by atoms with E-state index in [4.69, 9.17) is 0 Å². The van der Waals surface area contributed by atoms with Crippen LogP contribution in [0.25, 0.3) is 22.3 Å². The molecule has 0 spiro atoms. The van der Waals surface area contributed by atoms with Crippen molar-refractivity contribution in [2.75, 3.05) is 50.0 Å². The van der Waals surface area contributed by atoms with E-state index in [9.17, 15) is 0 Å². The van der Waals surface area contributed by atoms with E-state index in [0.717, 1.165) is 66.7 Å². The number of H-pyrrole nitrogens is 1. The molecule has 1 aliphatic heterocycles. The van der Waals surface area contributed by atoms with Gasteiger partial charge >= 0.3 is 0 Å². The number of rotatable bonds is 6. The van der Waals surface area contributed by atoms with Crippen LogP contribution in [0.5, 0.6) is 0 Å². The monoisotopic (exact) mass is 428 g/mol. The summed E-state index contributed by atoms with van der Waals surface area (Å²) in [6.45, 7) is 7.10. The molecule has 0 bridgehead atoms. The van der Waals surface area contributed by atoms with Gasteiger partial charge in [0.2, 0.25) is 0 Å². The highest BCUT2D eigenvalue weighted by atomic mass is 15.3. The first-order valence-corrected chi connectivity index (χ1v) is 11.1. The van der Waals surface area contributed by atoms with E-state index < -0.39 is 0 Å². The van der Waals surface area contributed by atoms with Crippen molar-refractivity contribution >= 4 is 22.7 Å². The maximum atomic E-state index is 4.69. The Bertz CT molecular complexity index is 1180. The Labute approximate surface area is 187 Å². The molecule has 32 heavy (non-hydrogen) atoms. The zero-order valence-electron chi connectivity index (χ0n) is 18.5. The van der Waals surface area contributed by atoms with E-state index >= 15 is 0 Å². The average molecular weight is 429 g/mol. The Morgan fingerprint density at radius 3 is 2.72 bits per heavy atom. The third-order valence-electron chi connectivity index (χ3n) is 6.14. The predicted octanol–water partition coefficient (Wildman–Crippen LogP) is 3.38. The number of hydrogen-bond donors (Lipinski definition) is 2. The Morgan fingerprint density at radius 2 is 1.91 bits per heavy atom. The number of nitrogens with one attached hydrogen (secondary N) is 2. The highest BCUT2D eigenvalue weighted by Crippen LogP contribution is 2.25. The van der Waals surface area contributed by atoms with Gasteiger partial charge < -0.3 is 20.1 Å². The fraction of sp³-hybridized carbons (Fsp3) is 0.333. The molecular weight excluding hydrogens is 400 g/mol. The Hall–Kier alpha value is -3.52. The van der Waals surface area contributed by atoms with Gasteiger partial charge in [0.05, 0.1) is 23.1 Å². The highest BCUT2D eigenvalue weighted by Gasteiger charge is 2.15. The van der Waals surface area contributed by atoms with Crippen LogP contribution >= 0.6 is 0 Å². The zero-order valence-corrected chi connectivity index (χ0v) is 18.5. The molecule has 1 saturated heterocycles. The molecule has 5 rings (SSSR count). The molecule has 0 amide bonds. The maximum Gasteiger partial charge on any atom is 0.129 e. The molecule has 0 aliphatic carbocycles. The number of nitrogens with zero attached hydrogens (tertiary/aromatic N) is 6. The van der Waals surface area contributed by atoms with Gasteiger partial charge in [-0.05, 0) is 30.8 Å². The van der Waals surface area contributed by atoms with Crippen molar-refractivity contribution in [2.45, 2.75) is 12.8 Å². The topological polar surface area (TPSA) is 85.9 Å². The van der Waals surface area contributed by atoms with Crippen LogP contribution in [0.3, 0.4) is 0 Å². The molecule has 3 aromatic heterocycles. The number of pyridine rings is 1. The first-order valence-electron chi connectivity index (χ1n) is 11.1. The molecule has 1 aliphatic rings. The number of fused-ring (bicyclic) bond motifs is 1. The van der Waals surface area contributed by atoms with Crippen LogP contribution in [-0.2, 0) is 0 Å². The van der Waals surface area contributed by atoms with Crippen LogP contribution in [-0.4, -0.2) is 69.6 Å². The van der Waals surface area contributed by atoms with E-state index in [2.05, 4.69) is 78.3 Å². The third-order valence-corrected chi connectivity index (χ3v) is 6.14. The lowest BCUT2D eigenvalue weighted by Gasteiger charge is -2.33. The molecule has 0 saturated carbocycles. The van der Waals surface area contributed by atoms with E-state index in [1.165, 1.54) is 5.56 Å². The summed E-state index contributed by atoms with van der Waals surface area (Å²) in [6.07, 6.45) is 5.25. The molecule has 2 N–H and O–H groups in total. The Morgan fingerprint density at radius 1 is 1.03 bits per heavy atom. The normalized spacial score (nSPS) is 15.8. The fourth-order valence-corrected chi connectivity index (χ4v) is 4.13. The first-order chi connectivity index (χ1) is 15.7. The van der Waals surface area contributed by atoms with Crippen molar-refractivity contribution in [3.05, 3.63) is 60.8 Å². The summed E-state index contributed by atoms with van der Waals surface area (Å²) in [5, 5.41) is 3.45. The summed E-state index contributed by atoms with van der Waals surface area (Å²) in [5.41, 5.74) is 5.15. The molecule has 8 nitrogen and oxygen atoms in total. The maximum absolute atomic E-state index is 4.69. The van der Waals surface area contributed by atoms with Gasteiger partial charge in [-0.2, -0.15) is 0 Å². The van der Waals surface area contributed by atoms with Gasteiger partial charge in [-0.15, -0.1) is 0 Å².